The van der Waals surface area contributed by atoms with Crippen molar-refractivity contribution < 1.29 is 4.74 Å². The standard InChI is InChI=1S/C24H25ClN2OS/c1-17-12-18(2)23(22(25)13-17)27-24(29)26-14-20-10-6-7-11-21(20)16-28-15-19-8-4-3-5-9-19/h3-13H,14-16H2,1-2H3,(H2,26,27,29). The first-order valence-electron chi connectivity index (χ1n) is 9.53. The number of hydrogen-bond acceptors (Lipinski definition) is 2. The molecule has 2 N–H and O–H groups in total. The molecular formula is C24H25ClN2OS. The highest BCUT2D eigenvalue weighted by atomic mass is 35.5. The van der Waals surface area contributed by atoms with Crippen molar-refractivity contribution in [2.75, 3.05) is 5.32 Å². The highest BCUT2D eigenvalue weighted by Crippen LogP contribution is 2.27. The predicted octanol–water partition coefficient (Wildman–Crippen LogP) is 6.16. The third-order valence-corrected chi connectivity index (χ3v) is 5.14. The second-order valence-electron chi connectivity index (χ2n) is 6.99. The quantitative estimate of drug-likeness (QED) is 0.445. The Morgan fingerprint density at radius 2 is 1.62 bits per heavy atom. The summed E-state index contributed by atoms with van der Waals surface area (Å²) in [7, 11) is 0. The first kappa shape index (κ1) is 21.3. The van der Waals surface area contributed by atoms with E-state index >= 15 is 0 Å². The van der Waals surface area contributed by atoms with Crippen molar-refractivity contribution in [3.05, 3.63) is 99.6 Å². The van der Waals surface area contributed by atoms with Crippen LogP contribution in [0.1, 0.15) is 27.8 Å². The van der Waals surface area contributed by atoms with E-state index < -0.39 is 0 Å². The number of ether oxygens (including phenoxy) is 1. The second kappa shape index (κ2) is 10.4. The molecule has 0 amide bonds. The van der Waals surface area contributed by atoms with Crippen LogP contribution in [0.15, 0.2) is 66.7 Å². The highest BCUT2D eigenvalue weighted by molar-refractivity contribution is 7.80. The Morgan fingerprint density at radius 1 is 0.931 bits per heavy atom. The summed E-state index contributed by atoms with van der Waals surface area (Å²) < 4.78 is 5.90. The van der Waals surface area contributed by atoms with Crippen molar-refractivity contribution in [1.29, 1.82) is 0 Å². The minimum absolute atomic E-state index is 0.541. The molecule has 5 heteroatoms. The fourth-order valence-electron chi connectivity index (χ4n) is 3.13. The zero-order valence-corrected chi connectivity index (χ0v) is 18.2. The molecule has 29 heavy (non-hydrogen) atoms. The van der Waals surface area contributed by atoms with Gasteiger partial charge in [0.25, 0.3) is 0 Å². The van der Waals surface area contributed by atoms with Gasteiger partial charge in [-0.15, -0.1) is 0 Å². The van der Waals surface area contributed by atoms with Gasteiger partial charge in [-0.25, -0.2) is 0 Å². The molecule has 3 nitrogen and oxygen atoms in total. The average molecular weight is 425 g/mol. The van der Waals surface area contributed by atoms with Crippen LogP contribution in [0.4, 0.5) is 5.69 Å². The van der Waals surface area contributed by atoms with Gasteiger partial charge in [0.1, 0.15) is 0 Å². The van der Waals surface area contributed by atoms with E-state index in [1.807, 2.05) is 50.2 Å². The average Bonchev–Trinajstić information content (AvgIpc) is 2.71. The lowest BCUT2D eigenvalue weighted by atomic mass is 10.1. The fourth-order valence-corrected chi connectivity index (χ4v) is 3.67. The van der Waals surface area contributed by atoms with Gasteiger partial charge >= 0.3 is 0 Å². The van der Waals surface area contributed by atoms with Gasteiger partial charge in [-0.2, -0.15) is 0 Å². The van der Waals surface area contributed by atoms with E-state index in [-0.39, 0.29) is 0 Å². The molecule has 0 saturated heterocycles. The lowest BCUT2D eigenvalue weighted by Gasteiger charge is -2.16. The number of hydrogen-bond donors (Lipinski definition) is 2. The molecule has 0 fully saturated rings. The van der Waals surface area contributed by atoms with E-state index in [1.165, 1.54) is 5.56 Å². The minimum Gasteiger partial charge on any atom is -0.372 e. The summed E-state index contributed by atoms with van der Waals surface area (Å²) in [6.45, 7) is 5.79. The molecule has 3 aromatic carbocycles. The van der Waals surface area contributed by atoms with Gasteiger partial charge in [0.15, 0.2) is 5.11 Å². The monoisotopic (exact) mass is 424 g/mol. The largest absolute Gasteiger partial charge is 0.372 e. The summed E-state index contributed by atoms with van der Waals surface area (Å²) in [5.74, 6) is 0. The summed E-state index contributed by atoms with van der Waals surface area (Å²) in [6, 6.07) is 22.4. The number of anilines is 1. The maximum absolute atomic E-state index is 6.36. The van der Waals surface area contributed by atoms with Gasteiger partial charge in [0.05, 0.1) is 23.9 Å². The van der Waals surface area contributed by atoms with Gasteiger partial charge in [-0.1, -0.05) is 72.3 Å². The third kappa shape index (κ3) is 6.29. The van der Waals surface area contributed by atoms with Crippen LogP contribution < -0.4 is 10.6 Å². The molecule has 0 saturated carbocycles. The maximum Gasteiger partial charge on any atom is 0.171 e. The Hall–Kier alpha value is -2.40. The number of benzene rings is 3. The molecule has 0 unspecified atom stereocenters. The fraction of sp³-hybridized carbons (Fsp3) is 0.208. The molecule has 0 aliphatic heterocycles. The van der Waals surface area contributed by atoms with Crippen molar-refractivity contribution in [1.82, 2.24) is 5.32 Å². The van der Waals surface area contributed by atoms with Crippen molar-refractivity contribution in [2.45, 2.75) is 33.6 Å². The number of nitrogens with one attached hydrogen (secondary N) is 2. The Kier molecular flexibility index (Phi) is 7.64. The summed E-state index contributed by atoms with van der Waals surface area (Å²) in [4.78, 5) is 0. The molecule has 150 valence electrons. The summed E-state index contributed by atoms with van der Waals surface area (Å²) in [6.07, 6.45) is 0. The first-order valence-corrected chi connectivity index (χ1v) is 10.3. The Morgan fingerprint density at radius 3 is 2.34 bits per heavy atom. The van der Waals surface area contributed by atoms with Crippen LogP contribution in [0.5, 0.6) is 0 Å². The van der Waals surface area contributed by atoms with Crippen LogP contribution in [0, 0.1) is 13.8 Å². The van der Waals surface area contributed by atoms with Gasteiger partial charge in [0, 0.05) is 6.54 Å². The topological polar surface area (TPSA) is 33.3 Å². The highest BCUT2D eigenvalue weighted by Gasteiger charge is 2.08. The van der Waals surface area contributed by atoms with Gasteiger partial charge < -0.3 is 15.4 Å². The molecule has 0 aliphatic carbocycles. The molecule has 0 aliphatic rings. The normalized spacial score (nSPS) is 10.6. The van der Waals surface area contributed by atoms with Crippen molar-refractivity contribution >= 4 is 34.6 Å². The Labute approximate surface area is 183 Å². The predicted molar refractivity (Wildman–Crippen MR) is 125 cm³/mol. The van der Waals surface area contributed by atoms with Crippen LogP contribution in [-0.4, -0.2) is 5.11 Å². The van der Waals surface area contributed by atoms with E-state index in [4.69, 9.17) is 28.6 Å². The van der Waals surface area contributed by atoms with Crippen LogP contribution in [-0.2, 0) is 24.5 Å². The summed E-state index contributed by atoms with van der Waals surface area (Å²) in [5.41, 5.74) is 6.49. The van der Waals surface area contributed by atoms with Crippen LogP contribution in [0.25, 0.3) is 0 Å². The second-order valence-corrected chi connectivity index (χ2v) is 7.81. The lowest BCUT2D eigenvalue weighted by molar-refractivity contribution is 0.106. The summed E-state index contributed by atoms with van der Waals surface area (Å²) in [5, 5.41) is 7.70. The molecule has 0 aromatic heterocycles. The molecule has 0 bridgehead atoms. The van der Waals surface area contributed by atoms with Gasteiger partial charge in [0.2, 0.25) is 0 Å². The van der Waals surface area contributed by atoms with Gasteiger partial charge in [-0.3, -0.25) is 0 Å². The van der Waals surface area contributed by atoms with E-state index in [2.05, 4.69) is 41.0 Å². The van der Waals surface area contributed by atoms with E-state index in [9.17, 15) is 0 Å². The number of thiocarbonyl (C=S) groups is 1. The van der Waals surface area contributed by atoms with E-state index in [1.54, 1.807) is 0 Å². The first-order chi connectivity index (χ1) is 14.0. The zero-order valence-electron chi connectivity index (χ0n) is 16.7. The number of rotatable bonds is 7. The molecule has 0 atom stereocenters. The molecule has 3 aromatic rings. The van der Waals surface area contributed by atoms with Crippen LogP contribution in [0.2, 0.25) is 5.02 Å². The molecular weight excluding hydrogens is 400 g/mol. The molecule has 0 radical (unpaired) electrons. The van der Waals surface area contributed by atoms with Crippen LogP contribution in [0.3, 0.4) is 0 Å². The maximum atomic E-state index is 6.36. The SMILES string of the molecule is Cc1cc(C)c(NC(=S)NCc2ccccc2COCc2ccccc2)c(Cl)c1. The molecule has 0 heterocycles. The van der Waals surface area contributed by atoms with Crippen molar-refractivity contribution in [3.8, 4) is 0 Å². The Bertz CT molecular complexity index is 953. The number of halogens is 1. The van der Waals surface area contributed by atoms with E-state index in [0.717, 1.165) is 27.9 Å². The number of aryl methyl sites for hydroxylation is 2. The van der Waals surface area contributed by atoms with Crippen LogP contribution >= 0.6 is 23.8 Å². The minimum atomic E-state index is 0.541. The zero-order chi connectivity index (χ0) is 20.6. The molecule has 0 spiro atoms. The lowest BCUT2D eigenvalue weighted by Crippen LogP contribution is -2.28. The molecule has 3 rings (SSSR count). The third-order valence-electron chi connectivity index (χ3n) is 4.60. The van der Waals surface area contributed by atoms with Gasteiger partial charge in [-0.05, 0) is 59.9 Å². The van der Waals surface area contributed by atoms with Crippen molar-refractivity contribution in [3.63, 3.8) is 0 Å². The van der Waals surface area contributed by atoms with E-state index in [0.29, 0.717) is 29.9 Å². The van der Waals surface area contributed by atoms with Crippen molar-refractivity contribution in [2.24, 2.45) is 0 Å². The Balaban J connectivity index is 1.56. The smallest absolute Gasteiger partial charge is 0.171 e. The summed E-state index contributed by atoms with van der Waals surface area (Å²) >= 11 is 11.8.